The third kappa shape index (κ3) is 3.98. The molecule has 1 N–H and O–H groups in total. The van der Waals surface area contributed by atoms with Crippen molar-refractivity contribution in [2.75, 3.05) is 25.5 Å². The number of nitrogens with one attached hydrogen (secondary N) is 1. The van der Waals surface area contributed by atoms with E-state index >= 15 is 0 Å². The highest BCUT2D eigenvalue weighted by Crippen LogP contribution is 2.21. The molecule has 0 aromatic carbocycles. The van der Waals surface area contributed by atoms with Gasteiger partial charge in [0.15, 0.2) is 0 Å². The van der Waals surface area contributed by atoms with Gasteiger partial charge in [-0.05, 0) is 26.3 Å². The Kier molecular flexibility index (Phi) is 6.75. The first kappa shape index (κ1) is 16.4. The molecule has 1 aliphatic rings. The highest BCUT2D eigenvalue weighted by atomic mass is 35.5. The van der Waals surface area contributed by atoms with Crippen molar-refractivity contribution in [3.05, 3.63) is 17.6 Å². The molecule has 1 atom stereocenters. The predicted molar refractivity (Wildman–Crippen MR) is 75.6 cm³/mol. The van der Waals surface area contributed by atoms with Crippen molar-refractivity contribution in [1.29, 1.82) is 0 Å². The summed E-state index contributed by atoms with van der Waals surface area (Å²) < 4.78 is 0. The van der Waals surface area contributed by atoms with Crippen molar-refractivity contribution in [1.82, 2.24) is 15.3 Å². The van der Waals surface area contributed by atoms with E-state index in [1.807, 2.05) is 32.0 Å². The van der Waals surface area contributed by atoms with Crippen molar-refractivity contribution >= 4 is 30.6 Å². The summed E-state index contributed by atoms with van der Waals surface area (Å²) in [6.45, 7) is 3.10. The maximum Gasteiger partial charge on any atom is 0.147 e. The molecular weight excluding hydrogens is 259 g/mol. The molecule has 1 fully saturated rings. The van der Waals surface area contributed by atoms with Crippen molar-refractivity contribution in [3.63, 3.8) is 0 Å². The average molecular weight is 279 g/mol. The van der Waals surface area contributed by atoms with Crippen LogP contribution in [0, 0.1) is 6.92 Å². The van der Waals surface area contributed by atoms with Gasteiger partial charge in [0.05, 0.1) is 6.04 Å². The van der Waals surface area contributed by atoms with Crippen LogP contribution in [0.2, 0.25) is 0 Å². The van der Waals surface area contributed by atoms with Crippen LogP contribution in [0.25, 0.3) is 0 Å². The number of halogens is 2. The van der Waals surface area contributed by atoms with Gasteiger partial charge in [0.1, 0.15) is 11.6 Å². The highest BCUT2D eigenvalue weighted by Gasteiger charge is 2.19. The lowest BCUT2D eigenvalue weighted by Gasteiger charge is -2.15. The molecule has 0 spiro atoms. The first-order chi connectivity index (χ1) is 7.16. The zero-order chi connectivity index (χ0) is 10.8. The number of rotatable bonds is 2. The van der Waals surface area contributed by atoms with E-state index in [4.69, 9.17) is 0 Å². The van der Waals surface area contributed by atoms with Gasteiger partial charge in [-0.25, -0.2) is 9.97 Å². The number of hydrogen-bond donors (Lipinski definition) is 1. The maximum atomic E-state index is 4.57. The quantitative estimate of drug-likeness (QED) is 0.900. The first-order valence-electron chi connectivity index (χ1n) is 5.43. The number of nitrogens with zero attached hydrogens (tertiary/aromatic N) is 3. The van der Waals surface area contributed by atoms with Crippen LogP contribution in [0.15, 0.2) is 6.07 Å². The normalized spacial score (nSPS) is 18.2. The summed E-state index contributed by atoms with van der Waals surface area (Å²) in [5.41, 5.74) is 1.04. The molecule has 4 nitrogen and oxygen atoms in total. The van der Waals surface area contributed by atoms with Gasteiger partial charge in [-0.2, -0.15) is 0 Å². The third-order valence-corrected chi connectivity index (χ3v) is 2.69. The van der Waals surface area contributed by atoms with Crippen LogP contribution >= 0.6 is 24.8 Å². The fourth-order valence-electron chi connectivity index (χ4n) is 1.86. The molecule has 0 aliphatic carbocycles. The summed E-state index contributed by atoms with van der Waals surface area (Å²) in [6.07, 6.45) is 2.37. The van der Waals surface area contributed by atoms with Crippen LogP contribution in [-0.4, -0.2) is 30.6 Å². The van der Waals surface area contributed by atoms with E-state index in [-0.39, 0.29) is 24.8 Å². The molecule has 0 bridgehead atoms. The molecule has 1 saturated heterocycles. The molecule has 0 radical (unpaired) electrons. The average Bonchev–Trinajstić information content (AvgIpc) is 2.69. The van der Waals surface area contributed by atoms with Crippen molar-refractivity contribution in [2.24, 2.45) is 0 Å². The van der Waals surface area contributed by atoms with Crippen LogP contribution in [0.4, 0.5) is 5.82 Å². The van der Waals surface area contributed by atoms with E-state index in [1.54, 1.807) is 0 Å². The van der Waals surface area contributed by atoms with Gasteiger partial charge in [0.2, 0.25) is 0 Å². The van der Waals surface area contributed by atoms with Gasteiger partial charge in [0.25, 0.3) is 0 Å². The second-order valence-corrected chi connectivity index (χ2v) is 4.27. The summed E-state index contributed by atoms with van der Waals surface area (Å²) in [5.74, 6) is 1.93. The summed E-state index contributed by atoms with van der Waals surface area (Å²) in [7, 11) is 4.02. The van der Waals surface area contributed by atoms with Gasteiger partial charge < -0.3 is 10.2 Å². The number of hydrogen-bond acceptors (Lipinski definition) is 4. The van der Waals surface area contributed by atoms with Gasteiger partial charge in [0, 0.05) is 25.9 Å². The predicted octanol–water partition coefficient (Wildman–Crippen LogP) is 2.12. The minimum atomic E-state index is 0. The fraction of sp³-hybridized carbons (Fsp3) is 0.636. The molecule has 1 aromatic rings. The van der Waals surface area contributed by atoms with E-state index in [0.717, 1.165) is 30.3 Å². The molecule has 1 aliphatic heterocycles. The maximum absolute atomic E-state index is 4.57. The lowest BCUT2D eigenvalue weighted by atomic mass is 10.2. The highest BCUT2D eigenvalue weighted by molar-refractivity contribution is 5.85. The monoisotopic (exact) mass is 278 g/mol. The molecule has 1 aromatic heterocycles. The van der Waals surface area contributed by atoms with Crippen LogP contribution in [0.3, 0.4) is 0 Å². The summed E-state index contributed by atoms with van der Waals surface area (Å²) in [4.78, 5) is 11.1. The minimum Gasteiger partial charge on any atom is -0.363 e. The Morgan fingerprint density at radius 2 is 2.00 bits per heavy atom. The molecule has 2 rings (SSSR count). The fourth-order valence-corrected chi connectivity index (χ4v) is 1.86. The number of aryl methyl sites for hydroxylation is 1. The Hall–Kier alpha value is -0.580. The van der Waals surface area contributed by atoms with Crippen LogP contribution in [0.1, 0.15) is 30.4 Å². The molecule has 1 unspecified atom stereocenters. The zero-order valence-corrected chi connectivity index (χ0v) is 12.1. The Labute approximate surface area is 115 Å². The third-order valence-electron chi connectivity index (χ3n) is 2.69. The Bertz CT molecular complexity index is 351. The minimum absolute atomic E-state index is 0. The molecule has 0 saturated carbocycles. The standard InChI is InChI=1S/C11H18N4.2ClH/c1-8-7-10(15(2)3)14-11(13-8)9-5-4-6-12-9;;/h7,9,12H,4-6H2,1-3H3;2*1H. The number of anilines is 1. The van der Waals surface area contributed by atoms with Gasteiger partial charge >= 0.3 is 0 Å². The smallest absolute Gasteiger partial charge is 0.147 e. The van der Waals surface area contributed by atoms with Crippen LogP contribution < -0.4 is 10.2 Å². The van der Waals surface area contributed by atoms with Crippen LogP contribution in [-0.2, 0) is 0 Å². The largest absolute Gasteiger partial charge is 0.363 e. The lowest BCUT2D eigenvalue weighted by Crippen LogP contribution is -2.19. The summed E-state index contributed by atoms with van der Waals surface area (Å²) in [6, 6.07) is 2.36. The van der Waals surface area contributed by atoms with E-state index in [1.165, 1.54) is 6.42 Å². The molecule has 2 heterocycles. The van der Waals surface area contributed by atoms with Crippen molar-refractivity contribution in [3.8, 4) is 0 Å². The van der Waals surface area contributed by atoms with E-state index in [0.29, 0.717) is 6.04 Å². The van der Waals surface area contributed by atoms with Gasteiger partial charge in [-0.15, -0.1) is 24.8 Å². The topological polar surface area (TPSA) is 41.1 Å². The van der Waals surface area contributed by atoms with Gasteiger partial charge in [-0.3, -0.25) is 0 Å². The van der Waals surface area contributed by atoms with Gasteiger partial charge in [-0.1, -0.05) is 0 Å². The molecular formula is C11H20Cl2N4. The molecule has 98 valence electrons. The summed E-state index contributed by atoms with van der Waals surface area (Å²) in [5, 5.41) is 3.42. The molecule has 6 heteroatoms. The zero-order valence-electron chi connectivity index (χ0n) is 10.4. The van der Waals surface area contributed by atoms with E-state index in [9.17, 15) is 0 Å². The number of aromatic nitrogens is 2. The van der Waals surface area contributed by atoms with Crippen LogP contribution in [0.5, 0.6) is 0 Å². The lowest BCUT2D eigenvalue weighted by molar-refractivity contribution is 0.602. The van der Waals surface area contributed by atoms with Crippen molar-refractivity contribution < 1.29 is 0 Å². The SMILES string of the molecule is Cc1cc(N(C)C)nc(C2CCCN2)n1.Cl.Cl. The van der Waals surface area contributed by atoms with Crippen molar-refractivity contribution in [2.45, 2.75) is 25.8 Å². The molecule has 17 heavy (non-hydrogen) atoms. The Balaban J connectivity index is 0.00000128. The second-order valence-electron chi connectivity index (χ2n) is 4.27. The van der Waals surface area contributed by atoms with E-state index < -0.39 is 0 Å². The summed E-state index contributed by atoms with van der Waals surface area (Å²) >= 11 is 0. The Morgan fingerprint density at radius 3 is 2.53 bits per heavy atom. The Morgan fingerprint density at radius 1 is 1.29 bits per heavy atom. The first-order valence-corrected chi connectivity index (χ1v) is 5.43. The molecule has 0 amide bonds. The van der Waals surface area contributed by atoms with E-state index in [2.05, 4.69) is 15.3 Å². The second kappa shape index (κ2) is 6.99.